The maximum Gasteiger partial charge on any atom is 0.153 e. The minimum atomic E-state index is 0.728. The number of carbonyl (C=O) groups excluding carboxylic acids is 1. The molecule has 0 bridgehead atoms. The molecular formula is C12H19N3O. The summed E-state index contributed by atoms with van der Waals surface area (Å²) in [4.78, 5) is 13.3. The van der Waals surface area contributed by atoms with Gasteiger partial charge in [-0.2, -0.15) is 5.10 Å². The molecule has 16 heavy (non-hydrogen) atoms. The number of hydrogen-bond acceptors (Lipinski definition) is 3. The van der Waals surface area contributed by atoms with Gasteiger partial charge in [-0.15, -0.1) is 0 Å². The van der Waals surface area contributed by atoms with Crippen LogP contribution in [-0.4, -0.2) is 34.1 Å². The quantitative estimate of drug-likeness (QED) is 0.728. The van der Waals surface area contributed by atoms with Crippen LogP contribution in [0.15, 0.2) is 6.20 Å². The van der Waals surface area contributed by atoms with Gasteiger partial charge in [-0.1, -0.05) is 12.8 Å². The van der Waals surface area contributed by atoms with Crippen LogP contribution in [0.1, 0.15) is 41.7 Å². The predicted molar refractivity (Wildman–Crippen MR) is 62.3 cm³/mol. The Morgan fingerprint density at radius 3 is 2.62 bits per heavy atom. The Labute approximate surface area is 96.2 Å². The Bertz CT molecular complexity index is 351. The van der Waals surface area contributed by atoms with Gasteiger partial charge in [0.2, 0.25) is 0 Å². The number of aryl methyl sites for hydroxylation is 1. The molecule has 88 valence electrons. The molecule has 1 aromatic rings. The Kier molecular flexibility index (Phi) is 3.72. The van der Waals surface area contributed by atoms with E-state index < -0.39 is 0 Å². The second kappa shape index (κ2) is 5.25. The SMILES string of the molecule is Cn1cc(C=O)c(CN2CCCCCC2)n1. The van der Waals surface area contributed by atoms with Crippen LogP contribution in [0.3, 0.4) is 0 Å². The van der Waals surface area contributed by atoms with Crippen LogP contribution in [0.2, 0.25) is 0 Å². The van der Waals surface area contributed by atoms with Gasteiger partial charge in [0, 0.05) is 19.8 Å². The highest BCUT2D eigenvalue weighted by Gasteiger charge is 2.13. The smallest absolute Gasteiger partial charge is 0.153 e. The summed E-state index contributed by atoms with van der Waals surface area (Å²) >= 11 is 0. The van der Waals surface area contributed by atoms with Crippen molar-refractivity contribution < 1.29 is 4.79 Å². The van der Waals surface area contributed by atoms with E-state index in [-0.39, 0.29) is 0 Å². The molecule has 2 heterocycles. The van der Waals surface area contributed by atoms with Crippen LogP contribution < -0.4 is 0 Å². The molecule has 4 heteroatoms. The molecule has 1 aromatic heterocycles. The Morgan fingerprint density at radius 2 is 2.00 bits per heavy atom. The van der Waals surface area contributed by atoms with Crippen molar-refractivity contribution in [3.05, 3.63) is 17.5 Å². The minimum absolute atomic E-state index is 0.728. The molecule has 1 saturated heterocycles. The molecule has 0 radical (unpaired) electrons. The van der Waals surface area contributed by atoms with E-state index in [2.05, 4.69) is 10.00 Å². The molecule has 1 aliphatic rings. The molecule has 0 atom stereocenters. The van der Waals surface area contributed by atoms with Gasteiger partial charge in [0.15, 0.2) is 6.29 Å². The van der Waals surface area contributed by atoms with Crippen molar-refractivity contribution in [1.29, 1.82) is 0 Å². The zero-order valence-electron chi connectivity index (χ0n) is 9.85. The van der Waals surface area contributed by atoms with Crippen molar-refractivity contribution in [2.75, 3.05) is 13.1 Å². The first-order valence-corrected chi connectivity index (χ1v) is 5.99. The molecule has 0 spiro atoms. The molecule has 0 aliphatic carbocycles. The largest absolute Gasteiger partial charge is 0.298 e. The van der Waals surface area contributed by atoms with Crippen molar-refractivity contribution in [1.82, 2.24) is 14.7 Å². The molecule has 4 nitrogen and oxygen atoms in total. The predicted octanol–water partition coefficient (Wildman–Crippen LogP) is 1.61. The highest BCUT2D eigenvalue weighted by atomic mass is 16.1. The molecule has 0 aromatic carbocycles. The third-order valence-electron chi connectivity index (χ3n) is 3.14. The lowest BCUT2D eigenvalue weighted by Gasteiger charge is -2.18. The number of hydrogen-bond donors (Lipinski definition) is 0. The summed E-state index contributed by atoms with van der Waals surface area (Å²) in [6, 6.07) is 0. The van der Waals surface area contributed by atoms with Gasteiger partial charge in [-0.05, 0) is 25.9 Å². The van der Waals surface area contributed by atoms with Crippen molar-refractivity contribution in [2.24, 2.45) is 7.05 Å². The van der Waals surface area contributed by atoms with Crippen LogP contribution in [0, 0.1) is 0 Å². The monoisotopic (exact) mass is 221 g/mol. The molecular weight excluding hydrogens is 202 g/mol. The number of carbonyl (C=O) groups is 1. The average molecular weight is 221 g/mol. The van der Waals surface area contributed by atoms with E-state index in [0.717, 1.165) is 37.2 Å². The summed E-state index contributed by atoms with van der Waals surface area (Å²) in [6.07, 6.45) is 7.89. The van der Waals surface area contributed by atoms with Crippen molar-refractivity contribution >= 4 is 6.29 Å². The van der Waals surface area contributed by atoms with Crippen LogP contribution in [0.25, 0.3) is 0 Å². The number of nitrogens with zero attached hydrogens (tertiary/aromatic N) is 3. The lowest BCUT2D eigenvalue weighted by atomic mass is 10.2. The molecule has 0 unspecified atom stereocenters. The summed E-state index contributed by atoms with van der Waals surface area (Å²) in [5, 5.41) is 4.35. The third kappa shape index (κ3) is 2.70. The summed E-state index contributed by atoms with van der Waals surface area (Å²) in [6.45, 7) is 3.08. The van der Waals surface area contributed by atoms with Gasteiger partial charge in [-0.25, -0.2) is 0 Å². The second-order valence-electron chi connectivity index (χ2n) is 4.51. The van der Waals surface area contributed by atoms with Gasteiger partial charge in [-0.3, -0.25) is 14.4 Å². The van der Waals surface area contributed by atoms with Crippen LogP contribution in [-0.2, 0) is 13.6 Å². The fraction of sp³-hybridized carbons (Fsp3) is 0.667. The Balaban J connectivity index is 2.03. The van der Waals surface area contributed by atoms with Crippen LogP contribution >= 0.6 is 0 Å². The highest BCUT2D eigenvalue weighted by molar-refractivity contribution is 5.75. The summed E-state index contributed by atoms with van der Waals surface area (Å²) in [7, 11) is 1.86. The molecule has 1 aliphatic heterocycles. The normalized spacial score (nSPS) is 18.3. The van der Waals surface area contributed by atoms with E-state index in [1.165, 1.54) is 25.7 Å². The van der Waals surface area contributed by atoms with Gasteiger partial charge >= 0.3 is 0 Å². The van der Waals surface area contributed by atoms with E-state index in [9.17, 15) is 4.79 Å². The molecule has 0 N–H and O–H groups in total. The molecule has 2 rings (SSSR count). The number of aldehydes is 1. The van der Waals surface area contributed by atoms with Crippen LogP contribution in [0.4, 0.5) is 0 Å². The van der Waals surface area contributed by atoms with Gasteiger partial charge < -0.3 is 0 Å². The average Bonchev–Trinajstić information content (AvgIpc) is 2.49. The number of aromatic nitrogens is 2. The second-order valence-corrected chi connectivity index (χ2v) is 4.51. The summed E-state index contributed by atoms with van der Waals surface area (Å²) < 4.78 is 1.72. The topological polar surface area (TPSA) is 38.1 Å². The number of likely N-dealkylation sites (tertiary alicyclic amines) is 1. The fourth-order valence-electron chi connectivity index (χ4n) is 2.28. The highest BCUT2D eigenvalue weighted by Crippen LogP contribution is 2.13. The lowest BCUT2D eigenvalue weighted by molar-refractivity contribution is 0.112. The van der Waals surface area contributed by atoms with Gasteiger partial charge in [0.25, 0.3) is 0 Å². The molecule has 0 amide bonds. The first kappa shape index (κ1) is 11.3. The zero-order chi connectivity index (χ0) is 11.4. The maximum absolute atomic E-state index is 10.9. The van der Waals surface area contributed by atoms with Gasteiger partial charge in [0.05, 0.1) is 11.3 Å². The molecule has 1 fully saturated rings. The van der Waals surface area contributed by atoms with Crippen molar-refractivity contribution in [3.63, 3.8) is 0 Å². The first-order chi connectivity index (χ1) is 7.79. The van der Waals surface area contributed by atoms with Gasteiger partial charge in [0.1, 0.15) is 0 Å². The van der Waals surface area contributed by atoms with E-state index >= 15 is 0 Å². The standard InChI is InChI=1S/C12H19N3O/c1-14-8-11(10-16)12(13-14)9-15-6-4-2-3-5-7-15/h8,10H,2-7,9H2,1H3. The fourth-order valence-corrected chi connectivity index (χ4v) is 2.28. The maximum atomic E-state index is 10.9. The Hall–Kier alpha value is -1.16. The minimum Gasteiger partial charge on any atom is -0.298 e. The zero-order valence-corrected chi connectivity index (χ0v) is 9.85. The lowest BCUT2D eigenvalue weighted by Crippen LogP contribution is -2.24. The summed E-state index contributed by atoms with van der Waals surface area (Å²) in [5.41, 5.74) is 1.64. The van der Waals surface area contributed by atoms with E-state index in [1.54, 1.807) is 10.9 Å². The number of rotatable bonds is 3. The van der Waals surface area contributed by atoms with E-state index in [4.69, 9.17) is 0 Å². The van der Waals surface area contributed by atoms with Crippen LogP contribution in [0.5, 0.6) is 0 Å². The molecule has 0 saturated carbocycles. The first-order valence-electron chi connectivity index (χ1n) is 5.99. The van der Waals surface area contributed by atoms with E-state index in [1.807, 2.05) is 7.05 Å². The van der Waals surface area contributed by atoms with Crippen molar-refractivity contribution in [3.8, 4) is 0 Å². The Morgan fingerprint density at radius 1 is 1.31 bits per heavy atom. The third-order valence-corrected chi connectivity index (χ3v) is 3.14. The van der Waals surface area contributed by atoms with Crippen molar-refractivity contribution in [2.45, 2.75) is 32.2 Å². The summed E-state index contributed by atoms with van der Waals surface area (Å²) in [5.74, 6) is 0. The van der Waals surface area contributed by atoms with E-state index in [0.29, 0.717) is 0 Å².